The van der Waals surface area contributed by atoms with Crippen molar-refractivity contribution in [2.75, 3.05) is 0 Å². The molecule has 1 saturated carbocycles. The summed E-state index contributed by atoms with van der Waals surface area (Å²) in [5.74, 6) is 1.42. The predicted molar refractivity (Wildman–Crippen MR) is 84.0 cm³/mol. The van der Waals surface area contributed by atoms with Gasteiger partial charge in [0.05, 0.1) is 11.1 Å². The quantitative estimate of drug-likeness (QED) is 0.799. The molecule has 1 aliphatic carbocycles. The van der Waals surface area contributed by atoms with Gasteiger partial charge in [-0.2, -0.15) is 0 Å². The van der Waals surface area contributed by atoms with Gasteiger partial charge < -0.3 is 10.2 Å². The number of furan rings is 1. The van der Waals surface area contributed by atoms with Crippen molar-refractivity contribution in [3.63, 3.8) is 0 Å². The molecule has 0 bridgehead atoms. The molecule has 1 aliphatic rings. The number of hydrogen-bond acceptors (Lipinski definition) is 2. The first-order chi connectivity index (χ1) is 9.75. The first-order valence-electron chi connectivity index (χ1n) is 7.69. The molecule has 1 aromatic carbocycles. The highest BCUT2D eigenvalue weighted by Crippen LogP contribution is 2.35. The van der Waals surface area contributed by atoms with Crippen LogP contribution in [0.4, 0.5) is 0 Å². The Hall–Kier alpha value is -0.990. The van der Waals surface area contributed by atoms with Crippen molar-refractivity contribution in [2.24, 2.45) is 11.7 Å². The summed E-state index contributed by atoms with van der Waals surface area (Å²) in [4.78, 5) is 0. The van der Waals surface area contributed by atoms with Crippen LogP contribution in [0.5, 0.6) is 0 Å². The van der Waals surface area contributed by atoms with Crippen LogP contribution in [-0.2, 0) is 0 Å². The van der Waals surface area contributed by atoms with Crippen LogP contribution in [0.3, 0.4) is 0 Å². The number of para-hydroxylation sites is 1. The van der Waals surface area contributed by atoms with E-state index >= 15 is 0 Å². The molecule has 3 heteroatoms. The second-order valence-electron chi connectivity index (χ2n) is 5.94. The lowest BCUT2D eigenvalue weighted by Gasteiger charge is -2.24. The third-order valence-electron chi connectivity index (χ3n) is 4.50. The van der Waals surface area contributed by atoms with Crippen LogP contribution >= 0.6 is 11.6 Å². The molecular formula is C17H22ClNO. The Morgan fingerprint density at radius 1 is 1.10 bits per heavy atom. The fourth-order valence-electron chi connectivity index (χ4n) is 3.29. The van der Waals surface area contributed by atoms with Crippen molar-refractivity contribution in [3.8, 4) is 0 Å². The number of halogens is 1. The first kappa shape index (κ1) is 14.0. The highest BCUT2D eigenvalue weighted by molar-refractivity contribution is 6.34. The maximum Gasteiger partial charge on any atom is 0.152 e. The lowest BCUT2D eigenvalue weighted by molar-refractivity contribution is 0.301. The third kappa shape index (κ3) is 2.87. The van der Waals surface area contributed by atoms with E-state index in [-0.39, 0.29) is 6.04 Å². The summed E-state index contributed by atoms with van der Waals surface area (Å²) in [7, 11) is 0. The summed E-state index contributed by atoms with van der Waals surface area (Å²) in [6, 6.07) is 7.89. The van der Waals surface area contributed by atoms with Crippen molar-refractivity contribution in [3.05, 3.63) is 35.0 Å². The van der Waals surface area contributed by atoms with Crippen molar-refractivity contribution in [1.82, 2.24) is 0 Å². The lowest BCUT2D eigenvalue weighted by atomic mass is 9.85. The number of fused-ring (bicyclic) bond motifs is 1. The average molecular weight is 292 g/mol. The molecule has 1 aromatic heterocycles. The van der Waals surface area contributed by atoms with Crippen LogP contribution in [0.1, 0.15) is 56.7 Å². The Labute approximate surface area is 125 Å². The Bertz CT molecular complexity index is 569. The molecule has 108 valence electrons. The molecule has 1 heterocycles. The van der Waals surface area contributed by atoms with E-state index in [2.05, 4.69) is 6.07 Å². The zero-order valence-corrected chi connectivity index (χ0v) is 12.5. The van der Waals surface area contributed by atoms with E-state index in [9.17, 15) is 0 Å². The molecule has 2 N–H and O–H groups in total. The van der Waals surface area contributed by atoms with Gasteiger partial charge in [-0.15, -0.1) is 0 Å². The smallest absolute Gasteiger partial charge is 0.152 e. The van der Waals surface area contributed by atoms with Crippen LogP contribution in [0.25, 0.3) is 11.0 Å². The van der Waals surface area contributed by atoms with Gasteiger partial charge in [-0.05, 0) is 30.9 Å². The van der Waals surface area contributed by atoms with Gasteiger partial charge in [0.2, 0.25) is 0 Å². The Morgan fingerprint density at radius 3 is 2.50 bits per heavy atom. The second kappa shape index (κ2) is 6.19. The van der Waals surface area contributed by atoms with Crippen LogP contribution in [0.2, 0.25) is 5.02 Å². The number of hydrogen-bond donors (Lipinski definition) is 1. The second-order valence-corrected chi connectivity index (χ2v) is 6.35. The van der Waals surface area contributed by atoms with Gasteiger partial charge in [0.25, 0.3) is 0 Å². The first-order valence-corrected chi connectivity index (χ1v) is 8.07. The van der Waals surface area contributed by atoms with Crippen LogP contribution < -0.4 is 5.73 Å². The van der Waals surface area contributed by atoms with E-state index in [1.165, 1.54) is 44.9 Å². The largest absolute Gasteiger partial charge is 0.458 e. The summed E-state index contributed by atoms with van der Waals surface area (Å²) >= 11 is 6.17. The van der Waals surface area contributed by atoms with Crippen LogP contribution in [-0.4, -0.2) is 0 Å². The fraction of sp³-hybridized carbons (Fsp3) is 0.529. The minimum atomic E-state index is -0.00318. The summed E-state index contributed by atoms with van der Waals surface area (Å²) in [5, 5.41) is 1.72. The summed E-state index contributed by atoms with van der Waals surface area (Å²) < 4.78 is 5.93. The van der Waals surface area contributed by atoms with Crippen LogP contribution in [0, 0.1) is 5.92 Å². The van der Waals surface area contributed by atoms with Gasteiger partial charge in [0.15, 0.2) is 5.58 Å². The Balaban J connectivity index is 1.83. The van der Waals surface area contributed by atoms with Gasteiger partial charge in [0.1, 0.15) is 5.76 Å². The van der Waals surface area contributed by atoms with E-state index in [4.69, 9.17) is 21.8 Å². The minimum absolute atomic E-state index is 0.00318. The molecule has 2 nitrogen and oxygen atoms in total. The highest BCUT2D eigenvalue weighted by Gasteiger charge is 2.23. The standard InChI is InChI=1S/C17H22ClNO/c18-14-10-6-9-13-11-15(20-17(13)14)16(19)12-7-4-2-1-3-5-8-12/h6,9-12,16H,1-5,7-8,19H2. The van der Waals surface area contributed by atoms with E-state index in [0.29, 0.717) is 10.9 Å². The van der Waals surface area contributed by atoms with Gasteiger partial charge >= 0.3 is 0 Å². The molecule has 0 aliphatic heterocycles. The molecular weight excluding hydrogens is 270 g/mol. The van der Waals surface area contributed by atoms with Crippen molar-refractivity contribution in [2.45, 2.75) is 51.0 Å². The molecule has 0 saturated heterocycles. The molecule has 0 radical (unpaired) electrons. The number of benzene rings is 1. The fourth-order valence-corrected chi connectivity index (χ4v) is 3.51. The van der Waals surface area contributed by atoms with E-state index in [1.807, 2.05) is 18.2 Å². The molecule has 0 amide bonds. The zero-order chi connectivity index (χ0) is 13.9. The van der Waals surface area contributed by atoms with Crippen LogP contribution in [0.15, 0.2) is 28.7 Å². The molecule has 1 fully saturated rings. The maximum absolute atomic E-state index is 6.47. The molecule has 20 heavy (non-hydrogen) atoms. The van der Waals surface area contributed by atoms with Crippen molar-refractivity contribution < 1.29 is 4.42 Å². The molecule has 2 aromatic rings. The minimum Gasteiger partial charge on any atom is -0.458 e. The molecule has 0 spiro atoms. The van der Waals surface area contributed by atoms with E-state index < -0.39 is 0 Å². The van der Waals surface area contributed by atoms with Gasteiger partial charge in [0, 0.05) is 5.39 Å². The van der Waals surface area contributed by atoms with E-state index in [1.54, 1.807) is 0 Å². The van der Waals surface area contributed by atoms with Gasteiger partial charge in [-0.3, -0.25) is 0 Å². The Kier molecular flexibility index (Phi) is 4.32. The normalized spacial score (nSPS) is 19.7. The SMILES string of the molecule is NC(c1cc2cccc(Cl)c2o1)C1CCCCCCC1. The molecule has 1 unspecified atom stereocenters. The van der Waals surface area contributed by atoms with E-state index in [0.717, 1.165) is 16.7 Å². The number of nitrogens with two attached hydrogens (primary N) is 1. The monoisotopic (exact) mass is 291 g/mol. The Morgan fingerprint density at radius 2 is 1.80 bits per heavy atom. The average Bonchev–Trinajstić information content (AvgIpc) is 2.83. The predicted octanol–water partition coefficient (Wildman–Crippen LogP) is 5.45. The zero-order valence-electron chi connectivity index (χ0n) is 11.8. The molecule has 1 atom stereocenters. The third-order valence-corrected chi connectivity index (χ3v) is 4.80. The highest BCUT2D eigenvalue weighted by atomic mass is 35.5. The van der Waals surface area contributed by atoms with Crippen molar-refractivity contribution >= 4 is 22.6 Å². The summed E-state index contributed by atoms with van der Waals surface area (Å²) in [6.45, 7) is 0. The summed E-state index contributed by atoms with van der Waals surface area (Å²) in [5.41, 5.74) is 7.24. The molecule has 3 rings (SSSR count). The summed E-state index contributed by atoms with van der Waals surface area (Å²) in [6.07, 6.45) is 9.07. The topological polar surface area (TPSA) is 39.2 Å². The van der Waals surface area contributed by atoms with Gasteiger partial charge in [-0.1, -0.05) is 55.8 Å². The van der Waals surface area contributed by atoms with Gasteiger partial charge in [-0.25, -0.2) is 0 Å². The number of rotatable bonds is 2. The lowest BCUT2D eigenvalue weighted by Crippen LogP contribution is -2.21. The maximum atomic E-state index is 6.47. The van der Waals surface area contributed by atoms with Crippen molar-refractivity contribution in [1.29, 1.82) is 0 Å².